The number of carboxylic acid groups (broad SMARTS) is 1. The molecule has 1 aromatic heterocycles. The van der Waals surface area contributed by atoms with E-state index in [-0.39, 0.29) is 6.10 Å². The molecule has 21 heavy (non-hydrogen) atoms. The van der Waals surface area contributed by atoms with Crippen LogP contribution in [0.3, 0.4) is 0 Å². The summed E-state index contributed by atoms with van der Waals surface area (Å²) in [6, 6.07) is 5.75. The van der Waals surface area contributed by atoms with E-state index in [0.29, 0.717) is 31.3 Å². The second-order valence-electron chi connectivity index (χ2n) is 5.01. The van der Waals surface area contributed by atoms with E-state index in [1.54, 1.807) is 0 Å². The minimum atomic E-state index is -0.895. The molecule has 0 bridgehead atoms. The van der Waals surface area contributed by atoms with Gasteiger partial charge in [0, 0.05) is 27.6 Å². The number of aromatic nitrogens is 1. The van der Waals surface area contributed by atoms with Gasteiger partial charge in [-0.25, -0.2) is 4.79 Å². The number of carbonyl (C=O) groups is 1. The number of ether oxygens (including phenoxy) is 1. The Kier molecular flexibility index (Phi) is 4.10. The number of morpholine rings is 1. The Labute approximate surface area is 135 Å². The van der Waals surface area contributed by atoms with Crippen LogP contribution >= 0.6 is 27.5 Å². The zero-order chi connectivity index (χ0) is 15.0. The molecule has 1 aliphatic heterocycles. The number of benzene rings is 1. The Hall–Kier alpha value is -1.24. The summed E-state index contributed by atoms with van der Waals surface area (Å²) in [6.45, 7) is 1.86. The predicted octanol–water partition coefficient (Wildman–Crippen LogP) is 3.44. The maximum atomic E-state index is 11.0. The van der Waals surface area contributed by atoms with Crippen LogP contribution in [0.25, 0.3) is 10.9 Å². The summed E-state index contributed by atoms with van der Waals surface area (Å²) in [7, 11) is 0. The third-order valence-electron chi connectivity index (χ3n) is 3.59. The molecule has 0 saturated carbocycles. The van der Waals surface area contributed by atoms with Crippen molar-refractivity contribution in [1.29, 1.82) is 0 Å². The second kappa shape index (κ2) is 5.87. The Balaban J connectivity index is 1.83. The fraction of sp³-hybridized carbons (Fsp3) is 0.357. The molecule has 7 heteroatoms. The van der Waals surface area contributed by atoms with E-state index in [0.717, 1.165) is 15.4 Å². The van der Waals surface area contributed by atoms with Crippen LogP contribution < -0.4 is 0 Å². The van der Waals surface area contributed by atoms with Gasteiger partial charge in [0.05, 0.1) is 31.3 Å². The highest BCUT2D eigenvalue weighted by molar-refractivity contribution is 9.10. The van der Waals surface area contributed by atoms with Crippen LogP contribution in [0, 0.1) is 0 Å². The first-order valence-electron chi connectivity index (χ1n) is 6.58. The highest BCUT2D eigenvalue weighted by Gasteiger charge is 2.24. The van der Waals surface area contributed by atoms with Gasteiger partial charge in [-0.1, -0.05) is 11.6 Å². The minimum absolute atomic E-state index is 0.145. The molecule has 1 atom stereocenters. The lowest BCUT2D eigenvalue weighted by atomic mass is 10.2. The monoisotopic (exact) mass is 372 g/mol. The number of rotatable bonds is 2. The molecule has 1 fully saturated rings. The number of hydrogen-bond donors (Lipinski definition) is 1. The highest BCUT2D eigenvalue weighted by Crippen LogP contribution is 2.29. The van der Waals surface area contributed by atoms with E-state index in [1.807, 2.05) is 24.4 Å². The van der Waals surface area contributed by atoms with Crippen LogP contribution in [0.5, 0.6) is 0 Å². The van der Waals surface area contributed by atoms with Gasteiger partial charge in [0.1, 0.15) is 0 Å². The van der Waals surface area contributed by atoms with E-state index in [9.17, 15) is 4.79 Å². The summed E-state index contributed by atoms with van der Waals surface area (Å²) in [5.41, 5.74) is 1.04. The van der Waals surface area contributed by atoms with Gasteiger partial charge >= 0.3 is 6.09 Å². The van der Waals surface area contributed by atoms with Gasteiger partial charge in [0.15, 0.2) is 0 Å². The average Bonchev–Trinajstić information content (AvgIpc) is 2.82. The van der Waals surface area contributed by atoms with Crippen molar-refractivity contribution in [3.63, 3.8) is 0 Å². The van der Waals surface area contributed by atoms with Gasteiger partial charge in [-0.05, 0) is 34.1 Å². The molecule has 0 aliphatic carbocycles. The second-order valence-corrected chi connectivity index (χ2v) is 6.31. The summed E-state index contributed by atoms with van der Waals surface area (Å²) in [5, 5.41) is 10.8. The highest BCUT2D eigenvalue weighted by atomic mass is 79.9. The van der Waals surface area contributed by atoms with Gasteiger partial charge < -0.3 is 19.3 Å². The normalized spacial score (nSPS) is 19.1. The van der Waals surface area contributed by atoms with Crippen LogP contribution in [-0.4, -0.2) is 46.5 Å². The Bertz CT molecular complexity index is 688. The summed E-state index contributed by atoms with van der Waals surface area (Å²) in [5.74, 6) is 0. The lowest BCUT2D eigenvalue weighted by Crippen LogP contribution is -2.46. The molecular weight excluding hydrogens is 360 g/mol. The maximum Gasteiger partial charge on any atom is 0.407 e. The molecule has 0 spiro atoms. The van der Waals surface area contributed by atoms with Crippen molar-refractivity contribution < 1.29 is 14.6 Å². The van der Waals surface area contributed by atoms with Crippen molar-refractivity contribution in [1.82, 2.24) is 9.47 Å². The summed E-state index contributed by atoms with van der Waals surface area (Å²) in [4.78, 5) is 12.4. The Morgan fingerprint density at radius 2 is 2.33 bits per heavy atom. The van der Waals surface area contributed by atoms with Crippen LogP contribution in [0.2, 0.25) is 5.02 Å². The Morgan fingerprint density at radius 1 is 1.52 bits per heavy atom. The predicted molar refractivity (Wildman–Crippen MR) is 84.0 cm³/mol. The van der Waals surface area contributed by atoms with Gasteiger partial charge in [-0.2, -0.15) is 0 Å². The summed E-state index contributed by atoms with van der Waals surface area (Å²) >= 11 is 9.57. The SMILES string of the molecule is O=C(O)N1CCO[C@H](Cn2ccc3cc(Cl)cc(Br)c32)C1. The molecule has 0 radical (unpaired) electrons. The van der Waals surface area contributed by atoms with E-state index >= 15 is 0 Å². The topological polar surface area (TPSA) is 54.7 Å². The molecule has 1 aromatic carbocycles. The van der Waals surface area contributed by atoms with E-state index < -0.39 is 6.09 Å². The van der Waals surface area contributed by atoms with Crippen molar-refractivity contribution in [3.8, 4) is 0 Å². The molecule has 3 rings (SSSR count). The zero-order valence-corrected chi connectivity index (χ0v) is 13.5. The number of amides is 1. The third kappa shape index (κ3) is 3.02. The maximum absolute atomic E-state index is 11.0. The Morgan fingerprint density at radius 3 is 3.10 bits per heavy atom. The third-order valence-corrected chi connectivity index (χ3v) is 4.41. The van der Waals surface area contributed by atoms with Gasteiger partial charge in [-0.3, -0.25) is 0 Å². The van der Waals surface area contributed by atoms with Crippen molar-refractivity contribution in [2.24, 2.45) is 0 Å². The number of nitrogens with zero attached hydrogens (tertiary/aromatic N) is 2. The first-order valence-corrected chi connectivity index (χ1v) is 7.75. The first kappa shape index (κ1) is 14.7. The molecule has 2 heterocycles. The van der Waals surface area contributed by atoms with Crippen LogP contribution in [0.4, 0.5) is 4.79 Å². The summed E-state index contributed by atoms with van der Waals surface area (Å²) in [6.07, 6.45) is 0.927. The number of halogens is 2. The molecular formula is C14H14BrClN2O3. The van der Waals surface area contributed by atoms with Crippen LogP contribution in [0.15, 0.2) is 28.9 Å². The van der Waals surface area contributed by atoms with E-state index in [2.05, 4.69) is 20.5 Å². The van der Waals surface area contributed by atoms with Crippen molar-refractivity contribution in [3.05, 3.63) is 33.9 Å². The van der Waals surface area contributed by atoms with Gasteiger partial charge in [0.2, 0.25) is 0 Å². The smallest absolute Gasteiger partial charge is 0.407 e. The zero-order valence-electron chi connectivity index (χ0n) is 11.1. The van der Waals surface area contributed by atoms with Crippen molar-refractivity contribution in [2.75, 3.05) is 19.7 Å². The fourth-order valence-corrected chi connectivity index (χ4v) is 3.70. The molecule has 1 saturated heterocycles. The first-order chi connectivity index (χ1) is 10.0. The van der Waals surface area contributed by atoms with Crippen LogP contribution in [0.1, 0.15) is 0 Å². The standard InChI is InChI=1S/C14H14BrClN2O3/c15-12-6-10(16)5-9-1-2-17(13(9)12)7-11-8-18(14(19)20)3-4-21-11/h1-2,5-6,11H,3-4,7-8H2,(H,19,20)/t11-/m1/s1. The van der Waals surface area contributed by atoms with Gasteiger partial charge in [-0.15, -0.1) is 0 Å². The van der Waals surface area contributed by atoms with Crippen molar-refractivity contribution >= 4 is 44.5 Å². The molecule has 1 amide bonds. The molecule has 2 aromatic rings. The lowest BCUT2D eigenvalue weighted by Gasteiger charge is -2.31. The summed E-state index contributed by atoms with van der Waals surface area (Å²) < 4.78 is 8.66. The molecule has 5 nitrogen and oxygen atoms in total. The van der Waals surface area contributed by atoms with E-state index in [1.165, 1.54) is 4.90 Å². The van der Waals surface area contributed by atoms with Gasteiger partial charge in [0.25, 0.3) is 0 Å². The molecule has 1 aliphatic rings. The quantitative estimate of drug-likeness (QED) is 0.877. The lowest BCUT2D eigenvalue weighted by molar-refractivity contribution is -0.0287. The van der Waals surface area contributed by atoms with E-state index in [4.69, 9.17) is 21.4 Å². The number of hydrogen-bond acceptors (Lipinski definition) is 2. The molecule has 1 N–H and O–H groups in total. The largest absolute Gasteiger partial charge is 0.465 e. The minimum Gasteiger partial charge on any atom is -0.465 e. The molecule has 112 valence electrons. The molecule has 0 unspecified atom stereocenters. The fourth-order valence-electron chi connectivity index (χ4n) is 2.64. The van der Waals surface area contributed by atoms with Crippen LogP contribution in [-0.2, 0) is 11.3 Å². The van der Waals surface area contributed by atoms with Crippen molar-refractivity contribution in [2.45, 2.75) is 12.6 Å². The average molecular weight is 374 g/mol. The number of fused-ring (bicyclic) bond motifs is 1.